The zero-order chi connectivity index (χ0) is 15.6. The van der Waals surface area contributed by atoms with Gasteiger partial charge in [0.05, 0.1) is 5.69 Å². The van der Waals surface area contributed by atoms with Crippen molar-refractivity contribution in [2.45, 2.75) is 42.9 Å². The zero-order valence-electron chi connectivity index (χ0n) is 12.7. The van der Waals surface area contributed by atoms with E-state index >= 15 is 0 Å². The van der Waals surface area contributed by atoms with Crippen molar-refractivity contribution in [2.75, 3.05) is 27.2 Å². The van der Waals surface area contributed by atoms with Gasteiger partial charge in [-0.05, 0) is 33.9 Å². The molecule has 1 aliphatic carbocycles. The molecule has 0 unspecified atom stereocenters. The van der Waals surface area contributed by atoms with Crippen LogP contribution in [0.2, 0.25) is 4.47 Å². The van der Waals surface area contributed by atoms with E-state index in [1.165, 1.54) is 0 Å². The van der Waals surface area contributed by atoms with E-state index in [0.29, 0.717) is 18.8 Å². The van der Waals surface area contributed by atoms with Crippen LogP contribution >= 0.6 is 22.9 Å². The molecule has 0 aromatic carbocycles. The van der Waals surface area contributed by atoms with Gasteiger partial charge in [0.2, 0.25) is 0 Å². The molecule has 0 N–H and O–H groups in total. The molecule has 21 heavy (non-hydrogen) atoms. The van der Waals surface area contributed by atoms with Crippen LogP contribution < -0.4 is 0 Å². The van der Waals surface area contributed by atoms with Crippen molar-refractivity contribution >= 4 is 33.0 Å². The number of likely N-dealkylation sites (N-methyl/N-ethyl adjacent to an activating group) is 1. The maximum atomic E-state index is 13.0. The Morgan fingerprint density at radius 1 is 1.29 bits per heavy atom. The molecule has 0 spiro atoms. The predicted molar refractivity (Wildman–Crippen MR) is 86.6 cm³/mol. The van der Waals surface area contributed by atoms with Crippen LogP contribution in [-0.2, 0) is 10.0 Å². The van der Waals surface area contributed by atoms with Gasteiger partial charge in [-0.2, -0.15) is 4.31 Å². The van der Waals surface area contributed by atoms with Gasteiger partial charge in [-0.25, -0.2) is 13.4 Å². The molecule has 1 saturated carbocycles. The van der Waals surface area contributed by atoms with Crippen LogP contribution in [0.3, 0.4) is 0 Å². The molecular formula is C13H22ClN3O2S2. The van der Waals surface area contributed by atoms with Gasteiger partial charge in [0, 0.05) is 19.1 Å². The molecule has 0 saturated heterocycles. The van der Waals surface area contributed by atoms with Crippen molar-refractivity contribution in [3.05, 3.63) is 10.2 Å². The van der Waals surface area contributed by atoms with Gasteiger partial charge in [0.15, 0.2) is 8.68 Å². The van der Waals surface area contributed by atoms with Crippen LogP contribution in [0.15, 0.2) is 4.21 Å². The van der Waals surface area contributed by atoms with Gasteiger partial charge in [0.25, 0.3) is 10.0 Å². The second kappa shape index (κ2) is 6.91. The Bertz CT molecular complexity index is 580. The third-order valence-electron chi connectivity index (χ3n) is 3.77. The third-order valence-corrected chi connectivity index (χ3v) is 7.57. The van der Waals surface area contributed by atoms with Crippen molar-refractivity contribution < 1.29 is 8.42 Å². The first-order chi connectivity index (χ1) is 9.82. The number of thiazole rings is 1. The highest BCUT2D eigenvalue weighted by molar-refractivity contribution is 7.91. The molecule has 5 nitrogen and oxygen atoms in total. The summed E-state index contributed by atoms with van der Waals surface area (Å²) >= 11 is 6.93. The summed E-state index contributed by atoms with van der Waals surface area (Å²) in [6.07, 6.45) is 4.08. The first kappa shape index (κ1) is 17.1. The van der Waals surface area contributed by atoms with E-state index in [0.717, 1.165) is 37.0 Å². The van der Waals surface area contributed by atoms with Gasteiger partial charge < -0.3 is 4.90 Å². The summed E-state index contributed by atoms with van der Waals surface area (Å²) in [7, 11) is 0.394. The number of rotatable bonds is 6. The molecule has 1 fully saturated rings. The maximum Gasteiger partial charge on any atom is 0.254 e. The van der Waals surface area contributed by atoms with Crippen molar-refractivity contribution in [3.63, 3.8) is 0 Å². The molecule has 1 aromatic heterocycles. The number of halogens is 1. The molecule has 1 heterocycles. The van der Waals surface area contributed by atoms with Crippen molar-refractivity contribution in [1.29, 1.82) is 0 Å². The van der Waals surface area contributed by atoms with Crippen LogP contribution in [0, 0.1) is 6.92 Å². The fourth-order valence-electron chi connectivity index (χ4n) is 2.69. The van der Waals surface area contributed by atoms with Crippen molar-refractivity contribution in [3.8, 4) is 0 Å². The number of hydrogen-bond acceptors (Lipinski definition) is 5. The lowest BCUT2D eigenvalue weighted by atomic mass is 10.2. The van der Waals surface area contributed by atoms with Crippen LogP contribution in [0.4, 0.5) is 0 Å². The van der Waals surface area contributed by atoms with Crippen LogP contribution in [-0.4, -0.2) is 55.8 Å². The Hall–Kier alpha value is -0.210. The van der Waals surface area contributed by atoms with Crippen LogP contribution in [0.1, 0.15) is 31.4 Å². The van der Waals surface area contributed by atoms with Gasteiger partial charge >= 0.3 is 0 Å². The largest absolute Gasteiger partial charge is 0.308 e. The molecule has 0 bridgehead atoms. The molecule has 1 aliphatic rings. The molecule has 1 aromatic rings. The van der Waals surface area contributed by atoms with E-state index < -0.39 is 10.0 Å². The molecule has 120 valence electrons. The number of sulfonamides is 1. The van der Waals surface area contributed by atoms with E-state index in [1.807, 2.05) is 19.0 Å². The third kappa shape index (κ3) is 3.96. The predicted octanol–water partition coefficient (Wildman–Crippen LogP) is 2.60. The Balaban J connectivity index is 2.31. The molecule has 0 radical (unpaired) electrons. The van der Waals surface area contributed by atoms with E-state index in [-0.39, 0.29) is 14.7 Å². The van der Waals surface area contributed by atoms with Gasteiger partial charge in [-0.1, -0.05) is 35.8 Å². The summed E-state index contributed by atoms with van der Waals surface area (Å²) < 4.78 is 28.2. The lowest BCUT2D eigenvalue weighted by Gasteiger charge is -2.28. The fraction of sp³-hybridized carbons (Fsp3) is 0.769. The highest BCUT2D eigenvalue weighted by atomic mass is 35.5. The molecule has 2 rings (SSSR count). The second-order valence-electron chi connectivity index (χ2n) is 5.70. The average Bonchev–Trinajstić information content (AvgIpc) is 2.99. The molecule has 0 atom stereocenters. The standard InChI is InChI=1S/C13H22ClN3O2S2/c1-10-12(20-13(14)15-10)21(18,19)17(9-8-16(2)3)11-6-4-5-7-11/h11H,4-9H2,1-3H3. The topological polar surface area (TPSA) is 53.5 Å². The highest BCUT2D eigenvalue weighted by Gasteiger charge is 2.35. The first-order valence-electron chi connectivity index (χ1n) is 7.12. The highest BCUT2D eigenvalue weighted by Crippen LogP contribution is 2.33. The Morgan fingerprint density at radius 2 is 1.90 bits per heavy atom. The van der Waals surface area contributed by atoms with Gasteiger partial charge in [-0.3, -0.25) is 0 Å². The van der Waals surface area contributed by atoms with E-state index in [1.54, 1.807) is 11.2 Å². The zero-order valence-corrected chi connectivity index (χ0v) is 15.1. The van der Waals surface area contributed by atoms with E-state index in [9.17, 15) is 8.42 Å². The Kier molecular flexibility index (Phi) is 5.65. The summed E-state index contributed by atoms with van der Waals surface area (Å²) in [6.45, 7) is 2.92. The monoisotopic (exact) mass is 351 g/mol. The van der Waals surface area contributed by atoms with Crippen molar-refractivity contribution in [1.82, 2.24) is 14.2 Å². The Morgan fingerprint density at radius 3 is 2.38 bits per heavy atom. The Labute approximate surface area is 136 Å². The maximum absolute atomic E-state index is 13.0. The number of aryl methyl sites for hydroxylation is 1. The normalized spacial score (nSPS) is 17.2. The fourth-order valence-corrected chi connectivity index (χ4v) is 6.21. The van der Waals surface area contributed by atoms with Gasteiger partial charge in [-0.15, -0.1) is 0 Å². The number of aromatic nitrogens is 1. The number of hydrogen-bond donors (Lipinski definition) is 0. The second-order valence-corrected chi connectivity index (χ2v) is 9.36. The quantitative estimate of drug-likeness (QED) is 0.790. The van der Waals surface area contributed by atoms with E-state index in [4.69, 9.17) is 11.6 Å². The summed E-state index contributed by atoms with van der Waals surface area (Å²) in [5, 5.41) is 0. The number of nitrogens with zero attached hydrogens (tertiary/aromatic N) is 3. The molecule has 0 amide bonds. The minimum atomic E-state index is -3.51. The molecular weight excluding hydrogens is 330 g/mol. The average molecular weight is 352 g/mol. The lowest BCUT2D eigenvalue weighted by molar-refractivity contribution is 0.282. The van der Waals surface area contributed by atoms with E-state index in [2.05, 4.69) is 4.98 Å². The lowest BCUT2D eigenvalue weighted by Crippen LogP contribution is -2.42. The van der Waals surface area contributed by atoms with Gasteiger partial charge in [0.1, 0.15) is 0 Å². The summed E-state index contributed by atoms with van der Waals surface area (Å²) in [6, 6.07) is 0.107. The summed E-state index contributed by atoms with van der Waals surface area (Å²) in [4.78, 5) is 6.05. The minimum absolute atomic E-state index is 0.107. The summed E-state index contributed by atoms with van der Waals surface area (Å²) in [5.41, 5.74) is 0.498. The van der Waals surface area contributed by atoms with Crippen LogP contribution in [0.25, 0.3) is 0 Å². The SMILES string of the molecule is Cc1nc(Cl)sc1S(=O)(=O)N(CCN(C)C)C1CCCC1. The van der Waals surface area contributed by atoms with Crippen LogP contribution in [0.5, 0.6) is 0 Å². The van der Waals surface area contributed by atoms with Crippen molar-refractivity contribution in [2.24, 2.45) is 0 Å². The first-order valence-corrected chi connectivity index (χ1v) is 9.75. The smallest absolute Gasteiger partial charge is 0.254 e. The molecule has 0 aliphatic heterocycles. The summed E-state index contributed by atoms with van der Waals surface area (Å²) in [5.74, 6) is 0. The minimum Gasteiger partial charge on any atom is -0.308 e. The molecule has 8 heteroatoms.